The third-order valence-electron chi connectivity index (χ3n) is 11.3. The molecule has 0 heterocycles. The Labute approximate surface area is 316 Å². The second-order valence-corrected chi connectivity index (χ2v) is 14.9. The van der Waals surface area contributed by atoms with E-state index in [0.29, 0.717) is 0 Å². The molecule has 7 aromatic rings. The average Bonchev–Trinajstić information content (AvgIpc) is 3.15. The zero-order valence-corrected chi connectivity index (χ0v) is 32.7. The maximum atomic E-state index is 4.86. The summed E-state index contributed by atoms with van der Waals surface area (Å²) in [6, 6.07) is 47.1. The van der Waals surface area contributed by atoms with Gasteiger partial charge in [-0.25, -0.2) is 0 Å². The van der Waals surface area contributed by atoms with Crippen LogP contribution < -0.4 is 9.80 Å². The summed E-state index contributed by atoms with van der Waals surface area (Å²) in [5, 5.41) is 2.45. The van der Waals surface area contributed by atoms with E-state index >= 15 is 0 Å². The molecule has 53 heavy (non-hydrogen) atoms. The van der Waals surface area contributed by atoms with Crippen LogP contribution in [0.3, 0.4) is 0 Å². The van der Waals surface area contributed by atoms with Crippen LogP contribution in [0.1, 0.15) is 55.6 Å². The van der Waals surface area contributed by atoms with Gasteiger partial charge in [0.15, 0.2) is 0 Å². The number of benzene rings is 7. The molecule has 0 aliphatic carbocycles. The third-order valence-corrected chi connectivity index (χ3v) is 11.3. The molecule has 0 aliphatic rings. The van der Waals surface area contributed by atoms with Crippen LogP contribution in [0.2, 0.25) is 0 Å². The lowest BCUT2D eigenvalue weighted by Crippen LogP contribution is -2.16. The Morgan fingerprint density at radius 2 is 0.811 bits per heavy atom. The summed E-state index contributed by atoms with van der Waals surface area (Å²) in [6.07, 6.45) is 0. The van der Waals surface area contributed by atoms with Crippen molar-refractivity contribution in [1.82, 2.24) is 0 Å². The van der Waals surface area contributed by atoms with E-state index in [4.69, 9.17) is 6.58 Å². The summed E-state index contributed by atoms with van der Waals surface area (Å²) >= 11 is 0. The fourth-order valence-corrected chi connectivity index (χ4v) is 7.40. The average molecular weight is 691 g/mol. The zero-order valence-electron chi connectivity index (χ0n) is 32.7. The summed E-state index contributed by atoms with van der Waals surface area (Å²) in [7, 11) is 0. The van der Waals surface area contributed by atoms with E-state index in [1.54, 1.807) is 0 Å². The van der Waals surface area contributed by atoms with E-state index in [1.165, 1.54) is 66.4 Å². The highest BCUT2D eigenvalue weighted by molar-refractivity contribution is 6.05. The number of anilines is 5. The van der Waals surface area contributed by atoms with E-state index < -0.39 is 0 Å². The smallest absolute Gasteiger partial charge is 0.0546 e. The van der Waals surface area contributed by atoms with Gasteiger partial charge in [-0.1, -0.05) is 79.4 Å². The summed E-state index contributed by atoms with van der Waals surface area (Å²) < 4.78 is 0. The highest BCUT2D eigenvalue weighted by Crippen LogP contribution is 2.46. The van der Waals surface area contributed by atoms with Gasteiger partial charge in [0.1, 0.15) is 0 Å². The summed E-state index contributed by atoms with van der Waals surface area (Å²) in [6.45, 7) is 24.6. The van der Waals surface area contributed by atoms with Gasteiger partial charge < -0.3 is 9.80 Å². The van der Waals surface area contributed by atoms with Crippen molar-refractivity contribution in [2.24, 2.45) is 0 Å². The molecule has 0 spiro atoms. The first-order chi connectivity index (χ1) is 25.4. The summed E-state index contributed by atoms with van der Waals surface area (Å²) in [5.74, 6) is 0. The Balaban J connectivity index is 1.48. The normalized spacial score (nSPS) is 11.2. The van der Waals surface area contributed by atoms with Crippen molar-refractivity contribution in [2.75, 3.05) is 9.80 Å². The van der Waals surface area contributed by atoms with Crippen LogP contribution in [-0.4, -0.2) is 0 Å². The minimum Gasteiger partial charge on any atom is -0.310 e. The molecular weight excluding hydrogens is 641 g/mol. The van der Waals surface area contributed by atoms with Gasteiger partial charge in [-0.15, -0.1) is 0 Å². The van der Waals surface area contributed by atoms with Crippen molar-refractivity contribution >= 4 is 44.9 Å². The molecule has 264 valence electrons. The molecule has 7 rings (SSSR count). The molecule has 0 fully saturated rings. The summed E-state index contributed by atoms with van der Waals surface area (Å²) in [5.41, 5.74) is 21.4. The van der Waals surface area contributed by atoms with Crippen LogP contribution in [-0.2, 0) is 0 Å². The molecule has 0 bridgehead atoms. The molecule has 7 aromatic carbocycles. The predicted octanol–water partition coefficient (Wildman–Crippen LogP) is 14.6. The number of fused-ring (bicyclic) bond motifs is 1. The van der Waals surface area contributed by atoms with E-state index in [-0.39, 0.29) is 0 Å². The van der Waals surface area contributed by atoms with Crippen molar-refractivity contribution in [1.29, 1.82) is 0 Å². The molecule has 0 aliphatic heterocycles. The molecule has 0 aromatic heterocycles. The third kappa shape index (κ3) is 6.66. The van der Waals surface area contributed by atoms with Gasteiger partial charge in [0.2, 0.25) is 0 Å². The zero-order chi connectivity index (χ0) is 37.6. The molecular formula is C51H50N2. The lowest BCUT2D eigenvalue weighted by molar-refractivity contribution is 1.23. The Hall–Kier alpha value is -5.86. The van der Waals surface area contributed by atoms with Crippen molar-refractivity contribution in [3.8, 4) is 11.1 Å². The topological polar surface area (TPSA) is 6.48 Å². The molecule has 0 radical (unpaired) electrons. The molecule has 2 nitrogen and oxygen atoms in total. The van der Waals surface area contributed by atoms with Gasteiger partial charge in [-0.3, -0.25) is 0 Å². The lowest BCUT2D eigenvalue weighted by atomic mass is 9.89. The molecule has 0 N–H and O–H groups in total. The van der Waals surface area contributed by atoms with Gasteiger partial charge in [-0.2, -0.15) is 0 Å². The number of aryl methyl sites for hydroxylation is 9. The van der Waals surface area contributed by atoms with Gasteiger partial charge in [0.05, 0.1) is 5.69 Å². The van der Waals surface area contributed by atoms with Gasteiger partial charge in [0, 0.05) is 39.4 Å². The highest BCUT2D eigenvalue weighted by Gasteiger charge is 2.23. The number of hydrogen-bond acceptors (Lipinski definition) is 2. The number of rotatable bonds is 8. The Kier molecular flexibility index (Phi) is 9.58. The Morgan fingerprint density at radius 3 is 1.30 bits per heavy atom. The van der Waals surface area contributed by atoms with Crippen LogP contribution in [0.25, 0.3) is 27.6 Å². The first-order valence-electron chi connectivity index (χ1n) is 18.6. The molecule has 0 saturated carbocycles. The second-order valence-electron chi connectivity index (χ2n) is 14.9. The largest absolute Gasteiger partial charge is 0.310 e. The molecule has 0 amide bonds. The fourth-order valence-electron chi connectivity index (χ4n) is 7.40. The van der Waals surface area contributed by atoms with Crippen molar-refractivity contribution in [3.05, 3.63) is 190 Å². The molecule has 2 heteroatoms. The van der Waals surface area contributed by atoms with Gasteiger partial charge >= 0.3 is 0 Å². The maximum Gasteiger partial charge on any atom is 0.0546 e. The first-order valence-corrected chi connectivity index (χ1v) is 18.6. The van der Waals surface area contributed by atoms with Crippen molar-refractivity contribution < 1.29 is 0 Å². The van der Waals surface area contributed by atoms with E-state index in [1.807, 2.05) is 0 Å². The van der Waals surface area contributed by atoms with E-state index in [9.17, 15) is 0 Å². The first kappa shape index (κ1) is 35.5. The van der Waals surface area contributed by atoms with Crippen molar-refractivity contribution in [3.63, 3.8) is 0 Å². The SMILES string of the molecule is C=C(c1ccccc1-c1cc(N(c2ccc(C)c(C)c2)c2ccc(C)c(C)c2)c2ccccc2c1C)N(c1ccc(C)c(C)c1)c1ccc(C)c(C)c1. The van der Waals surface area contributed by atoms with Crippen LogP contribution in [0.5, 0.6) is 0 Å². The number of hydrogen-bond donors (Lipinski definition) is 0. The minimum atomic E-state index is 0.932. The highest BCUT2D eigenvalue weighted by atomic mass is 15.2. The molecule has 0 atom stereocenters. The van der Waals surface area contributed by atoms with Crippen molar-refractivity contribution in [2.45, 2.75) is 62.3 Å². The summed E-state index contributed by atoms with van der Waals surface area (Å²) in [4.78, 5) is 4.77. The van der Waals surface area contributed by atoms with E-state index in [2.05, 4.69) is 200 Å². The van der Waals surface area contributed by atoms with Gasteiger partial charge in [-0.05, 0) is 183 Å². The van der Waals surface area contributed by atoms with Crippen LogP contribution in [0.4, 0.5) is 28.4 Å². The second kappa shape index (κ2) is 14.3. The Morgan fingerprint density at radius 1 is 0.396 bits per heavy atom. The maximum absolute atomic E-state index is 4.86. The van der Waals surface area contributed by atoms with E-state index in [0.717, 1.165) is 45.3 Å². The lowest BCUT2D eigenvalue weighted by Gasteiger charge is -2.31. The van der Waals surface area contributed by atoms with Crippen LogP contribution >= 0.6 is 0 Å². The fraction of sp³-hybridized carbons (Fsp3) is 0.176. The standard InChI is InChI=1S/C51H50N2/c1-32-19-23-42(27-36(32)5)52(43-24-20-33(2)37(6)28-43)41(10)47-16-12-13-17-48(47)50-31-51(49-18-14-11-15-46(49)40(50)9)53(44-25-21-34(3)38(7)29-44)45-26-22-35(4)39(8)30-45/h11-31H,10H2,1-9H3. The Bertz CT molecular complexity index is 2430. The van der Waals surface area contributed by atoms with Crippen LogP contribution in [0, 0.1) is 62.3 Å². The molecule has 0 saturated heterocycles. The number of nitrogens with zero attached hydrogens (tertiary/aromatic N) is 2. The molecule has 0 unspecified atom stereocenters. The predicted molar refractivity (Wildman–Crippen MR) is 231 cm³/mol. The van der Waals surface area contributed by atoms with Gasteiger partial charge in [0.25, 0.3) is 0 Å². The van der Waals surface area contributed by atoms with Crippen LogP contribution in [0.15, 0.2) is 134 Å². The quantitative estimate of drug-likeness (QED) is 0.157. The minimum absolute atomic E-state index is 0.932. The monoisotopic (exact) mass is 690 g/mol.